The largest absolute Gasteiger partial charge is 0.496 e. The number of H-pyrrole nitrogens is 1. The van der Waals surface area contributed by atoms with E-state index in [2.05, 4.69) is 50.9 Å². The van der Waals surface area contributed by atoms with Crippen LogP contribution in [-0.2, 0) is 36.3 Å². The third-order valence-electron chi connectivity index (χ3n) is 15.8. The third-order valence-corrected chi connectivity index (χ3v) is 15.8. The van der Waals surface area contributed by atoms with Crippen molar-refractivity contribution in [3.05, 3.63) is 58.8 Å². The Labute approximate surface area is 330 Å². The minimum Gasteiger partial charge on any atom is -0.496 e. The molecule has 56 heavy (non-hydrogen) atoms. The van der Waals surface area contributed by atoms with Gasteiger partial charge in [-0.25, -0.2) is 4.79 Å². The van der Waals surface area contributed by atoms with Gasteiger partial charge in [0.05, 0.1) is 33.0 Å². The van der Waals surface area contributed by atoms with Crippen LogP contribution in [0.4, 0.5) is 5.69 Å². The molecule has 0 radical (unpaired) electrons. The predicted molar refractivity (Wildman–Crippen MR) is 214 cm³/mol. The predicted octanol–water partition coefficient (Wildman–Crippen LogP) is 5.06. The lowest BCUT2D eigenvalue weighted by atomic mass is 9.45. The number of nitrogens with one attached hydrogen (secondary N) is 1. The van der Waals surface area contributed by atoms with Gasteiger partial charge < -0.3 is 34.3 Å². The van der Waals surface area contributed by atoms with E-state index >= 15 is 4.79 Å². The highest BCUT2D eigenvalue weighted by Crippen LogP contribution is 2.68. The maximum atomic E-state index is 15.3. The number of para-hydroxylation sites is 1. The van der Waals surface area contributed by atoms with Crippen molar-refractivity contribution < 1.29 is 34.0 Å². The van der Waals surface area contributed by atoms with Crippen LogP contribution in [0, 0.1) is 11.3 Å². The van der Waals surface area contributed by atoms with Crippen LogP contribution in [0.25, 0.3) is 10.9 Å². The van der Waals surface area contributed by atoms with E-state index in [1.165, 1.54) is 14.2 Å². The summed E-state index contributed by atoms with van der Waals surface area (Å²) in [5, 5.41) is 26.1. The van der Waals surface area contributed by atoms with Crippen LogP contribution < -0.4 is 9.64 Å². The second-order valence-corrected chi connectivity index (χ2v) is 18.3. The van der Waals surface area contributed by atoms with E-state index in [4.69, 9.17) is 14.2 Å². The topological polar surface area (TPSA) is 128 Å². The highest BCUT2D eigenvalue weighted by Gasteiger charge is 2.75. The second kappa shape index (κ2) is 13.2. The minimum atomic E-state index is -1.76. The summed E-state index contributed by atoms with van der Waals surface area (Å²) in [5.41, 5.74) is 0.594. The Morgan fingerprint density at radius 2 is 1.66 bits per heavy atom. The van der Waals surface area contributed by atoms with Gasteiger partial charge >= 0.3 is 11.9 Å². The molecule has 0 amide bonds. The molecule has 5 aliphatic heterocycles. The van der Waals surface area contributed by atoms with E-state index in [0.29, 0.717) is 44.4 Å². The third kappa shape index (κ3) is 4.96. The van der Waals surface area contributed by atoms with E-state index in [9.17, 15) is 15.0 Å². The molecule has 3 N–H and O–H groups in total. The molecule has 3 saturated heterocycles. The quantitative estimate of drug-likeness (QED) is 0.293. The van der Waals surface area contributed by atoms with Crippen molar-refractivity contribution in [3.63, 3.8) is 0 Å². The summed E-state index contributed by atoms with van der Waals surface area (Å²) < 4.78 is 17.9. The molecule has 1 aliphatic carbocycles. The lowest BCUT2D eigenvalue weighted by Gasteiger charge is -2.67. The van der Waals surface area contributed by atoms with Crippen molar-refractivity contribution >= 4 is 28.5 Å². The molecule has 9 atom stereocenters. The monoisotopic (exact) mass is 768 g/mol. The Morgan fingerprint density at radius 1 is 0.911 bits per heavy atom. The first-order valence-electron chi connectivity index (χ1n) is 21.0. The SMILES string of the molecule is CC[C@]1(O)C[C@@H]2CN(CCc3c([nH]c4ccccc34)[C@@](C(=O)OC)(c3cc4c(cc3OC)N(C)[C@@H]3[C@]45CCCN4CCC[C@@](CC)(C[C@]3(O)C(=O)OC)[C@H]45)C2)C1. The van der Waals surface area contributed by atoms with Crippen molar-refractivity contribution in [2.24, 2.45) is 11.3 Å². The van der Waals surface area contributed by atoms with Crippen LogP contribution in [0.5, 0.6) is 5.75 Å². The van der Waals surface area contributed by atoms with E-state index in [1.54, 1.807) is 7.11 Å². The molecule has 1 unspecified atom stereocenters. The molecular weight excluding hydrogens is 709 g/mol. The summed E-state index contributed by atoms with van der Waals surface area (Å²) in [4.78, 5) is 40.4. The normalized spacial score (nSPS) is 37.6. The van der Waals surface area contributed by atoms with Crippen LogP contribution in [0.1, 0.15) is 94.0 Å². The second-order valence-electron chi connectivity index (χ2n) is 18.3. The number of aliphatic hydroxyl groups is 2. The Bertz CT molecular complexity index is 2070. The van der Waals surface area contributed by atoms with Gasteiger partial charge in [0.15, 0.2) is 5.60 Å². The van der Waals surface area contributed by atoms with Crippen molar-refractivity contribution in [3.8, 4) is 5.75 Å². The Balaban J connectivity index is 1.36. The minimum absolute atomic E-state index is 0.0351. The van der Waals surface area contributed by atoms with Crippen LogP contribution in [0.15, 0.2) is 36.4 Å². The van der Waals surface area contributed by atoms with Gasteiger partial charge in [-0.3, -0.25) is 14.6 Å². The zero-order chi connectivity index (χ0) is 39.4. The Kier molecular flexibility index (Phi) is 8.93. The van der Waals surface area contributed by atoms with Gasteiger partial charge in [0.25, 0.3) is 0 Å². The highest BCUT2D eigenvalue weighted by atomic mass is 16.5. The molecule has 11 nitrogen and oxygen atoms in total. The van der Waals surface area contributed by atoms with E-state index < -0.39 is 34.0 Å². The molecule has 1 saturated carbocycles. The summed E-state index contributed by atoms with van der Waals surface area (Å²) in [6.07, 6.45) is 7.08. The molecule has 302 valence electrons. The number of piperidine rings is 3. The fourth-order valence-corrected chi connectivity index (χ4v) is 13.9. The molecule has 6 aliphatic rings. The lowest BCUT2D eigenvalue weighted by molar-refractivity contribution is -0.201. The first-order chi connectivity index (χ1) is 26.9. The molecule has 4 fully saturated rings. The number of ether oxygens (including phenoxy) is 3. The van der Waals surface area contributed by atoms with Gasteiger partial charge in [-0.05, 0) is 112 Å². The summed E-state index contributed by atoms with van der Waals surface area (Å²) in [7, 11) is 6.52. The molecular formula is C45H60N4O7. The summed E-state index contributed by atoms with van der Waals surface area (Å²) in [6, 6.07) is 12.0. The van der Waals surface area contributed by atoms with Gasteiger partial charge in [0.2, 0.25) is 0 Å². The maximum Gasteiger partial charge on any atom is 0.340 e. The van der Waals surface area contributed by atoms with Gasteiger partial charge in [0.1, 0.15) is 11.2 Å². The van der Waals surface area contributed by atoms with Crippen molar-refractivity contribution in [2.45, 2.75) is 112 Å². The number of benzene rings is 2. The number of esters is 2. The number of carbonyl (C=O) groups excluding carboxylic acids is 2. The average molecular weight is 769 g/mol. The molecule has 11 heteroatoms. The van der Waals surface area contributed by atoms with Gasteiger partial charge in [-0.15, -0.1) is 0 Å². The molecule has 9 rings (SSSR count). The molecule has 6 heterocycles. The zero-order valence-corrected chi connectivity index (χ0v) is 34.1. The number of likely N-dealkylation sites (N-methyl/N-ethyl adjacent to an activating group) is 1. The Hall–Kier alpha value is -3.64. The highest BCUT2D eigenvalue weighted by molar-refractivity contribution is 5.94. The average Bonchev–Trinajstić information content (AvgIpc) is 3.71. The standard InChI is InChI=1S/C45H60N4O7/c1-7-41-16-11-18-49-19-12-17-43(37(41)49)31-21-32(35(54-4)22-34(31)47(3)38(43)45(53,26-41)40(51)56-6)44(39(50)55-5)24-28-23-42(52,8-2)27-48(25-28)20-15-30-29-13-9-10-14-33(29)46-36(30)44/h9-10,13-14,21-22,28,37-38,46,52-53H,7-8,11-12,15-20,23-27H2,1-6H3/t28-,37-,38+,41-,42-,43+,44-,45+/m0/s1. The number of hydrogen-bond acceptors (Lipinski definition) is 10. The van der Waals surface area contributed by atoms with Gasteiger partial charge in [-0.1, -0.05) is 32.0 Å². The Morgan fingerprint density at radius 3 is 2.38 bits per heavy atom. The number of aromatic amines is 1. The number of anilines is 1. The van der Waals surface area contributed by atoms with E-state index in [0.717, 1.165) is 97.3 Å². The van der Waals surface area contributed by atoms with E-state index in [-0.39, 0.29) is 23.3 Å². The number of aromatic nitrogens is 1. The molecule has 2 aromatic carbocycles. The van der Waals surface area contributed by atoms with Crippen LogP contribution >= 0.6 is 0 Å². The van der Waals surface area contributed by atoms with Crippen molar-refractivity contribution in [1.29, 1.82) is 0 Å². The van der Waals surface area contributed by atoms with Crippen LogP contribution in [0.2, 0.25) is 0 Å². The fraction of sp³-hybridized carbons (Fsp3) is 0.644. The zero-order valence-electron chi connectivity index (χ0n) is 34.1. The first kappa shape index (κ1) is 37.9. The number of carbonyl (C=O) groups is 2. The number of fused-ring (bicyclic) bond motifs is 6. The maximum absolute atomic E-state index is 15.3. The van der Waals surface area contributed by atoms with Crippen LogP contribution in [0.3, 0.4) is 0 Å². The van der Waals surface area contributed by atoms with Gasteiger partial charge in [-0.2, -0.15) is 0 Å². The van der Waals surface area contributed by atoms with Crippen molar-refractivity contribution in [2.75, 3.05) is 66.0 Å². The molecule has 3 aromatic rings. The number of hydrogen-bond donors (Lipinski definition) is 3. The summed E-state index contributed by atoms with van der Waals surface area (Å²) >= 11 is 0. The molecule has 1 spiro atoms. The molecule has 1 aromatic heterocycles. The first-order valence-corrected chi connectivity index (χ1v) is 21.0. The van der Waals surface area contributed by atoms with Crippen LogP contribution in [-0.4, -0.2) is 121 Å². The van der Waals surface area contributed by atoms with E-state index in [1.807, 2.05) is 26.1 Å². The number of rotatable bonds is 6. The summed E-state index contributed by atoms with van der Waals surface area (Å²) in [5.74, 6) is -0.438. The van der Waals surface area contributed by atoms with Gasteiger partial charge in [0, 0.05) is 72.1 Å². The number of methoxy groups -OCH3 is 3. The van der Waals surface area contributed by atoms with Crippen molar-refractivity contribution in [1.82, 2.24) is 14.8 Å². The summed E-state index contributed by atoms with van der Waals surface area (Å²) in [6.45, 7) is 8.33. The molecule has 2 bridgehead atoms. The number of nitrogens with zero attached hydrogens (tertiary/aromatic N) is 3. The fourth-order valence-electron chi connectivity index (χ4n) is 13.9. The smallest absolute Gasteiger partial charge is 0.340 e. The lowest BCUT2D eigenvalue weighted by Crippen LogP contribution is -2.79.